The molecule has 0 atom stereocenters. The Morgan fingerprint density at radius 2 is 1.00 bits per heavy atom. The van der Waals surface area contributed by atoms with Gasteiger partial charge in [-0.1, -0.05) is 103 Å². The topological polar surface area (TPSA) is 52.6 Å². The SMILES string of the molecule is CCCCCCCCCCCCCCCCCC(C)(C)OS(=O)(=O)OCC. The van der Waals surface area contributed by atoms with Gasteiger partial charge in [0.1, 0.15) is 0 Å². The first-order valence-electron chi connectivity index (χ1n) is 11.4. The van der Waals surface area contributed by atoms with Gasteiger partial charge in [0.2, 0.25) is 0 Å². The van der Waals surface area contributed by atoms with Crippen LogP contribution in [0.5, 0.6) is 0 Å². The van der Waals surface area contributed by atoms with E-state index in [0.717, 1.165) is 19.3 Å². The van der Waals surface area contributed by atoms with Crippen LogP contribution in [0.4, 0.5) is 0 Å². The average molecular weight is 407 g/mol. The number of hydrogen-bond donors (Lipinski definition) is 0. The van der Waals surface area contributed by atoms with Crippen LogP contribution in [0.3, 0.4) is 0 Å². The number of unbranched alkanes of at least 4 members (excludes halogenated alkanes) is 14. The lowest BCUT2D eigenvalue weighted by atomic mass is 9.99. The van der Waals surface area contributed by atoms with Crippen molar-refractivity contribution in [2.45, 2.75) is 136 Å². The molecule has 0 aliphatic carbocycles. The molecule has 0 radical (unpaired) electrons. The van der Waals surface area contributed by atoms with Gasteiger partial charge in [-0.15, -0.1) is 0 Å². The fourth-order valence-electron chi connectivity index (χ4n) is 3.41. The smallest absolute Gasteiger partial charge is 0.248 e. The lowest BCUT2D eigenvalue weighted by Gasteiger charge is -2.23. The van der Waals surface area contributed by atoms with Gasteiger partial charge >= 0.3 is 10.4 Å². The Bertz CT molecular complexity index is 418. The van der Waals surface area contributed by atoms with Crippen molar-refractivity contribution < 1.29 is 16.8 Å². The summed E-state index contributed by atoms with van der Waals surface area (Å²) in [5, 5.41) is 0. The molecular formula is C22H46O4S. The summed E-state index contributed by atoms with van der Waals surface area (Å²) in [5.41, 5.74) is -0.690. The van der Waals surface area contributed by atoms with Crippen LogP contribution in [0.1, 0.15) is 130 Å². The third-order valence-corrected chi connectivity index (χ3v) is 6.15. The van der Waals surface area contributed by atoms with Crippen molar-refractivity contribution in [3.05, 3.63) is 0 Å². The first-order valence-corrected chi connectivity index (χ1v) is 12.8. The van der Waals surface area contributed by atoms with Crippen molar-refractivity contribution in [2.75, 3.05) is 6.61 Å². The maximum atomic E-state index is 11.6. The molecule has 0 amide bonds. The Balaban J connectivity index is 3.42. The minimum absolute atomic E-state index is 0.109. The molecule has 5 heteroatoms. The van der Waals surface area contributed by atoms with E-state index in [2.05, 4.69) is 11.1 Å². The van der Waals surface area contributed by atoms with E-state index in [1.54, 1.807) is 6.92 Å². The van der Waals surface area contributed by atoms with Gasteiger partial charge in [0.15, 0.2) is 0 Å². The number of rotatable bonds is 20. The molecule has 0 aliphatic rings. The third kappa shape index (κ3) is 19.0. The Morgan fingerprint density at radius 1 is 0.630 bits per heavy atom. The molecule has 4 nitrogen and oxygen atoms in total. The van der Waals surface area contributed by atoms with Crippen molar-refractivity contribution in [1.29, 1.82) is 0 Å². The summed E-state index contributed by atoms with van der Waals surface area (Å²) >= 11 is 0. The van der Waals surface area contributed by atoms with Crippen molar-refractivity contribution >= 4 is 10.4 Å². The highest BCUT2D eigenvalue weighted by molar-refractivity contribution is 7.81. The van der Waals surface area contributed by atoms with E-state index in [1.165, 1.54) is 83.5 Å². The largest absolute Gasteiger partial charge is 0.400 e. The molecule has 0 unspecified atom stereocenters. The highest BCUT2D eigenvalue weighted by atomic mass is 32.3. The molecule has 0 spiro atoms. The standard InChI is InChI=1S/C22H46O4S/c1-5-7-8-9-10-11-12-13-14-15-16-17-18-19-20-21-22(3,4)26-27(23,24)25-6-2/h5-21H2,1-4H3. The van der Waals surface area contributed by atoms with E-state index in [0.29, 0.717) is 0 Å². The van der Waals surface area contributed by atoms with Crippen molar-refractivity contribution in [1.82, 2.24) is 0 Å². The van der Waals surface area contributed by atoms with Crippen molar-refractivity contribution in [3.8, 4) is 0 Å². The summed E-state index contributed by atoms with van der Waals surface area (Å²) in [4.78, 5) is 0. The molecule has 27 heavy (non-hydrogen) atoms. The predicted octanol–water partition coefficient (Wildman–Crippen LogP) is 7.32. The number of hydrogen-bond acceptors (Lipinski definition) is 4. The predicted molar refractivity (Wildman–Crippen MR) is 115 cm³/mol. The lowest BCUT2D eigenvalue weighted by molar-refractivity contribution is 0.0775. The molecule has 0 bridgehead atoms. The summed E-state index contributed by atoms with van der Waals surface area (Å²) in [5.74, 6) is 0. The molecule has 0 aliphatic heterocycles. The fourth-order valence-corrected chi connectivity index (χ4v) is 4.38. The van der Waals surface area contributed by atoms with E-state index in [-0.39, 0.29) is 6.61 Å². The first-order chi connectivity index (χ1) is 12.8. The van der Waals surface area contributed by atoms with Gasteiger partial charge in [-0.05, 0) is 27.2 Å². The molecule has 0 heterocycles. The van der Waals surface area contributed by atoms with Gasteiger partial charge in [0.25, 0.3) is 0 Å². The molecule has 0 aromatic heterocycles. The zero-order valence-electron chi connectivity index (χ0n) is 18.6. The zero-order chi connectivity index (χ0) is 20.4. The van der Waals surface area contributed by atoms with E-state index in [1.807, 2.05) is 13.8 Å². The molecule has 0 aromatic carbocycles. The van der Waals surface area contributed by atoms with Gasteiger partial charge in [-0.3, -0.25) is 0 Å². The van der Waals surface area contributed by atoms with E-state index < -0.39 is 16.0 Å². The fraction of sp³-hybridized carbons (Fsp3) is 1.00. The molecule has 0 saturated carbocycles. The molecule has 0 rings (SSSR count). The molecular weight excluding hydrogens is 360 g/mol. The highest BCUT2D eigenvalue weighted by Crippen LogP contribution is 2.22. The van der Waals surface area contributed by atoms with Crippen LogP contribution in [0, 0.1) is 0 Å². The molecule has 0 N–H and O–H groups in total. The Kier molecular flexibility index (Phi) is 16.7. The summed E-state index contributed by atoms with van der Waals surface area (Å²) in [7, 11) is -3.86. The van der Waals surface area contributed by atoms with Crippen LogP contribution in [0.15, 0.2) is 0 Å². The summed E-state index contributed by atoms with van der Waals surface area (Å²) in [6, 6.07) is 0. The summed E-state index contributed by atoms with van der Waals surface area (Å²) < 4.78 is 32.9. The Labute approximate surface area is 170 Å². The van der Waals surface area contributed by atoms with Crippen LogP contribution in [-0.2, 0) is 18.8 Å². The normalized spacial score (nSPS) is 12.6. The Morgan fingerprint density at radius 3 is 1.37 bits per heavy atom. The molecule has 0 aromatic rings. The highest BCUT2D eigenvalue weighted by Gasteiger charge is 2.26. The monoisotopic (exact) mass is 406 g/mol. The van der Waals surface area contributed by atoms with Gasteiger partial charge < -0.3 is 0 Å². The summed E-state index contributed by atoms with van der Waals surface area (Å²) in [6.45, 7) is 7.65. The first kappa shape index (κ1) is 26.9. The van der Waals surface area contributed by atoms with E-state index in [4.69, 9.17) is 4.18 Å². The maximum absolute atomic E-state index is 11.6. The van der Waals surface area contributed by atoms with Gasteiger partial charge in [0.05, 0.1) is 12.2 Å². The second kappa shape index (κ2) is 16.8. The van der Waals surface area contributed by atoms with Crippen LogP contribution < -0.4 is 0 Å². The maximum Gasteiger partial charge on any atom is 0.400 e. The molecule has 0 saturated heterocycles. The van der Waals surface area contributed by atoms with Crippen molar-refractivity contribution in [3.63, 3.8) is 0 Å². The van der Waals surface area contributed by atoms with Gasteiger partial charge in [0, 0.05) is 0 Å². The van der Waals surface area contributed by atoms with E-state index in [9.17, 15) is 8.42 Å². The second-order valence-electron chi connectivity index (χ2n) is 8.36. The van der Waals surface area contributed by atoms with Crippen LogP contribution in [0.2, 0.25) is 0 Å². The van der Waals surface area contributed by atoms with Gasteiger partial charge in [-0.2, -0.15) is 8.42 Å². The van der Waals surface area contributed by atoms with Crippen LogP contribution in [0.25, 0.3) is 0 Å². The average Bonchev–Trinajstić information content (AvgIpc) is 2.57. The zero-order valence-corrected chi connectivity index (χ0v) is 19.4. The lowest BCUT2D eigenvalue weighted by Crippen LogP contribution is -2.29. The quantitative estimate of drug-likeness (QED) is 0.199. The minimum Gasteiger partial charge on any atom is -0.248 e. The minimum atomic E-state index is -3.86. The van der Waals surface area contributed by atoms with Crippen LogP contribution >= 0.6 is 0 Å². The Hall–Kier alpha value is -0.130. The van der Waals surface area contributed by atoms with Crippen LogP contribution in [-0.4, -0.2) is 20.6 Å². The molecule has 0 fully saturated rings. The van der Waals surface area contributed by atoms with E-state index >= 15 is 0 Å². The second-order valence-corrected chi connectivity index (χ2v) is 9.58. The summed E-state index contributed by atoms with van der Waals surface area (Å²) in [6.07, 6.45) is 20.7. The van der Waals surface area contributed by atoms with Crippen molar-refractivity contribution in [2.24, 2.45) is 0 Å². The van der Waals surface area contributed by atoms with Gasteiger partial charge in [-0.25, -0.2) is 8.37 Å². The third-order valence-electron chi connectivity index (χ3n) is 4.97. The molecule has 164 valence electrons.